The molecule has 0 heterocycles. The van der Waals surface area contributed by atoms with Crippen LogP contribution in [0, 0.1) is 23.7 Å². The molecule has 0 spiro atoms. The van der Waals surface area contributed by atoms with Crippen molar-refractivity contribution in [3.63, 3.8) is 0 Å². The van der Waals surface area contributed by atoms with Crippen LogP contribution >= 0.6 is 0 Å². The third kappa shape index (κ3) is 5.70. The number of carbonyl (C=O) groups excluding carboxylic acids is 2. The number of nitrogens with two attached hydrogens (primary N) is 1. The topological polar surface area (TPSA) is 125 Å². The molecule has 0 saturated heterocycles. The summed E-state index contributed by atoms with van der Waals surface area (Å²) < 4.78 is 0. The minimum atomic E-state index is -1.10. The van der Waals surface area contributed by atoms with E-state index in [1.807, 2.05) is 36.4 Å². The van der Waals surface area contributed by atoms with Gasteiger partial charge in [0.2, 0.25) is 0 Å². The molecule has 1 fully saturated rings. The number of benzene rings is 2. The van der Waals surface area contributed by atoms with Crippen molar-refractivity contribution in [1.29, 1.82) is 0 Å². The van der Waals surface area contributed by atoms with Crippen LogP contribution in [0.4, 0.5) is 0 Å². The van der Waals surface area contributed by atoms with Crippen molar-refractivity contribution in [3.8, 4) is 23.0 Å². The molecule has 2 aromatic carbocycles. The second-order valence-corrected chi connectivity index (χ2v) is 8.41. The molecule has 0 unspecified atom stereocenters. The van der Waals surface area contributed by atoms with Crippen LogP contribution in [0.1, 0.15) is 36.2 Å². The smallest absolute Gasteiger partial charge is 0.267 e. The third-order valence-corrected chi connectivity index (χ3v) is 5.32. The highest BCUT2D eigenvalue weighted by atomic mass is 16.5. The standard InChI is InChI=1S/C24H27N3O4/c1-24(2,25)21(23(30)27-31)26-22(29)18-11-9-17(10-12-18)16-6-3-15(4-7-16)5-8-19-13-20(19)14-28/h3-4,6-7,9-12,19-21,28,31H,13-14,25H2,1-2H3,(H,26,29)(H,27,30)/t19-,20+,21-/m1/s1. The highest BCUT2D eigenvalue weighted by Gasteiger charge is 2.35. The summed E-state index contributed by atoms with van der Waals surface area (Å²) in [5, 5.41) is 20.5. The predicted octanol–water partition coefficient (Wildman–Crippen LogP) is 1.67. The van der Waals surface area contributed by atoms with E-state index in [4.69, 9.17) is 16.0 Å². The zero-order chi connectivity index (χ0) is 22.6. The van der Waals surface area contributed by atoms with Crippen LogP contribution in [0.25, 0.3) is 11.1 Å². The zero-order valence-electron chi connectivity index (χ0n) is 17.6. The molecule has 162 valence electrons. The molecule has 0 bridgehead atoms. The van der Waals surface area contributed by atoms with Gasteiger partial charge in [-0.3, -0.25) is 14.8 Å². The molecule has 3 rings (SSSR count). The van der Waals surface area contributed by atoms with E-state index in [-0.39, 0.29) is 6.61 Å². The Morgan fingerprint density at radius 1 is 1.13 bits per heavy atom. The lowest BCUT2D eigenvalue weighted by molar-refractivity contribution is -0.132. The molecular weight excluding hydrogens is 394 g/mol. The quantitative estimate of drug-likeness (QED) is 0.276. The maximum absolute atomic E-state index is 12.5. The first-order valence-corrected chi connectivity index (χ1v) is 10.1. The van der Waals surface area contributed by atoms with E-state index in [1.165, 1.54) is 5.48 Å². The van der Waals surface area contributed by atoms with E-state index in [9.17, 15) is 9.59 Å². The summed E-state index contributed by atoms with van der Waals surface area (Å²) >= 11 is 0. The molecule has 3 atom stereocenters. The first kappa shape index (κ1) is 22.5. The van der Waals surface area contributed by atoms with E-state index >= 15 is 0 Å². The average molecular weight is 421 g/mol. The lowest BCUT2D eigenvalue weighted by atomic mass is 9.94. The largest absolute Gasteiger partial charge is 0.396 e. The van der Waals surface area contributed by atoms with E-state index < -0.39 is 23.4 Å². The molecule has 0 radical (unpaired) electrons. The fourth-order valence-electron chi connectivity index (χ4n) is 3.23. The van der Waals surface area contributed by atoms with Crippen LogP contribution in [0.5, 0.6) is 0 Å². The Balaban J connectivity index is 1.67. The summed E-state index contributed by atoms with van der Waals surface area (Å²) in [6, 6.07) is 13.7. The normalized spacial score (nSPS) is 18.4. The molecule has 1 aliphatic carbocycles. The summed E-state index contributed by atoms with van der Waals surface area (Å²) in [6.45, 7) is 3.37. The Bertz CT molecular complexity index is 998. The van der Waals surface area contributed by atoms with Crippen LogP contribution in [0.2, 0.25) is 0 Å². The van der Waals surface area contributed by atoms with Gasteiger partial charge in [-0.1, -0.05) is 36.1 Å². The number of aliphatic hydroxyl groups is 1. The number of carbonyl (C=O) groups is 2. The molecular formula is C24H27N3O4. The molecule has 7 nitrogen and oxygen atoms in total. The van der Waals surface area contributed by atoms with Gasteiger partial charge in [0.05, 0.1) is 0 Å². The van der Waals surface area contributed by atoms with Gasteiger partial charge in [-0.05, 0) is 61.6 Å². The SMILES string of the molecule is CC(C)(N)[C@H](NC(=O)c1ccc(-c2ccc(C#C[C@@H]3C[C@H]3CO)cc2)cc1)C(=O)NO. The number of hydrogen-bond donors (Lipinski definition) is 5. The van der Waals surface area contributed by atoms with Gasteiger partial charge >= 0.3 is 0 Å². The zero-order valence-corrected chi connectivity index (χ0v) is 17.6. The Hall–Kier alpha value is -3.18. The van der Waals surface area contributed by atoms with Gasteiger partial charge in [0.25, 0.3) is 11.8 Å². The Kier molecular flexibility index (Phi) is 6.76. The summed E-state index contributed by atoms with van der Waals surface area (Å²) in [7, 11) is 0. The van der Waals surface area contributed by atoms with Crippen molar-refractivity contribution >= 4 is 11.8 Å². The monoisotopic (exact) mass is 421 g/mol. The molecule has 1 saturated carbocycles. The molecule has 31 heavy (non-hydrogen) atoms. The minimum absolute atomic E-state index is 0.200. The van der Waals surface area contributed by atoms with Gasteiger partial charge in [-0.2, -0.15) is 0 Å². The van der Waals surface area contributed by atoms with Gasteiger partial charge in [-0.15, -0.1) is 0 Å². The Labute approximate surface area is 181 Å². The van der Waals surface area contributed by atoms with Gasteiger partial charge in [0.15, 0.2) is 0 Å². The summed E-state index contributed by atoms with van der Waals surface area (Å²) in [5.41, 5.74) is 9.62. The fourth-order valence-corrected chi connectivity index (χ4v) is 3.23. The number of nitrogens with one attached hydrogen (secondary N) is 2. The van der Waals surface area contributed by atoms with E-state index in [1.54, 1.807) is 26.0 Å². The molecule has 2 amide bonds. The van der Waals surface area contributed by atoms with Gasteiger partial charge in [0.1, 0.15) is 6.04 Å². The van der Waals surface area contributed by atoms with Crippen LogP contribution in [-0.4, -0.2) is 40.3 Å². The fraction of sp³-hybridized carbons (Fsp3) is 0.333. The number of hydrogen-bond acceptors (Lipinski definition) is 5. The van der Waals surface area contributed by atoms with E-state index in [0.717, 1.165) is 23.1 Å². The van der Waals surface area contributed by atoms with Crippen molar-refractivity contribution in [2.45, 2.75) is 31.8 Å². The molecule has 7 heteroatoms. The third-order valence-electron chi connectivity index (χ3n) is 5.32. The second kappa shape index (κ2) is 9.31. The highest BCUT2D eigenvalue weighted by Crippen LogP contribution is 2.37. The predicted molar refractivity (Wildman–Crippen MR) is 117 cm³/mol. The van der Waals surface area contributed by atoms with Crippen LogP contribution in [0.15, 0.2) is 48.5 Å². The van der Waals surface area contributed by atoms with Gasteiger partial charge in [0, 0.05) is 29.2 Å². The molecule has 0 aliphatic heterocycles. The lowest BCUT2D eigenvalue weighted by Crippen LogP contribution is -2.61. The maximum Gasteiger partial charge on any atom is 0.267 e. The molecule has 0 aromatic heterocycles. The Morgan fingerprint density at radius 2 is 1.71 bits per heavy atom. The first-order valence-electron chi connectivity index (χ1n) is 10.1. The lowest BCUT2D eigenvalue weighted by Gasteiger charge is -2.29. The Morgan fingerprint density at radius 3 is 2.19 bits per heavy atom. The molecule has 1 aliphatic rings. The van der Waals surface area contributed by atoms with Crippen molar-refractivity contribution in [1.82, 2.24) is 10.8 Å². The van der Waals surface area contributed by atoms with Crippen molar-refractivity contribution in [2.24, 2.45) is 17.6 Å². The van der Waals surface area contributed by atoms with Crippen molar-refractivity contribution in [3.05, 3.63) is 59.7 Å². The summed E-state index contributed by atoms with van der Waals surface area (Å²) in [4.78, 5) is 24.4. The van der Waals surface area contributed by atoms with E-state index in [0.29, 0.717) is 17.4 Å². The second-order valence-electron chi connectivity index (χ2n) is 8.41. The highest BCUT2D eigenvalue weighted by molar-refractivity contribution is 5.98. The molecule has 6 N–H and O–H groups in total. The van der Waals surface area contributed by atoms with Crippen LogP contribution in [0.3, 0.4) is 0 Å². The van der Waals surface area contributed by atoms with Gasteiger partial charge in [-0.25, -0.2) is 5.48 Å². The number of amides is 2. The van der Waals surface area contributed by atoms with Crippen LogP contribution in [-0.2, 0) is 4.79 Å². The maximum atomic E-state index is 12.5. The number of aliphatic hydroxyl groups excluding tert-OH is 1. The van der Waals surface area contributed by atoms with E-state index in [2.05, 4.69) is 17.2 Å². The summed E-state index contributed by atoms with van der Waals surface area (Å²) in [6.07, 6.45) is 0.968. The van der Waals surface area contributed by atoms with Gasteiger partial charge < -0.3 is 16.2 Å². The number of rotatable bonds is 6. The molecule has 2 aromatic rings. The summed E-state index contributed by atoms with van der Waals surface area (Å²) in [5.74, 6) is 5.70. The average Bonchev–Trinajstić information content (AvgIpc) is 3.54. The van der Waals surface area contributed by atoms with Crippen molar-refractivity contribution < 1.29 is 19.9 Å². The first-order chi connectivity index (χ1) is 14.7. The minimum Gasteiger partial charge on any atom is -0.396 e. The number of hydroxylamine groups is 1. The van der Waals surface area contributed by atoms with Crippen molar-refractivity contribution in [2.75, 3.05) is 6.61 Å². The van der Waals surface area contributed by atoms with Crippen LogP contribution < -0.4 is 16.5 Å².